The van der Waals surface area contributed by atoms with Gasteiger partial charge in [-0.25, -0.2) is 4.99 Å². The minimum atomic E-state index is -4.69. The number of ether oxygens (including phenoxy) is 1. The van der Waals surface area contributed by atoms with Gasteiger partial charge in [-0.15, -0.1) is 13.2 Å². The van der Waals surface area contributed by atoms with Gasteiger partial charge >= 0.3 is 6.36 Å². The number of benzene rings is 1. The summed E-state index contributed by atoms with van der Waals surface area (Å²) < 4.78 is 42.7. The summed E-state index contributed by atoms with van der Waals surface area (Å²) in [4.78, 5) is 4.74. The van der Waals surface area contributed by atoms with Gasteiger partial charge in [0.25, 0.3) is 0 Å². The van der Waals surface area contributed by atoms with Crippen LogP contribution < -0.4 is 10.5 Å². The Morgan fingerprint density at radius 2 is 1.93 bits per heavy atom. The maximum Gasteiger partial charge on any atom is 0.573 e. The molecule has 1 aliphatic heterocycles. The van der Waals surface area contributed by atoms with Gasteiger partial charge in [0.15, 0.2) is 0 Å². The number of nitrogens with zero attached hydrogens (tertiary/aromatic N) is 2. The number of nitrogens with two attached hydrogens (primary N) is 1. The first kappa shape index (κ1) is 20.7. The summed E-state index contributed by atoms with van der Waals surface area (Å²) in [6.45, 7) is 2.52. The maximum absolute atomic E-state index is 12.2. The molecule has 0 fully saturated rings. The number of halogens is 3. The smallest absolute Gasteiger partial charge is 0.406 e. The molecule has 8 heteroatoms. The Kier molecular flexibility index (Phi) is 6.13. The van der Waals surface area contributed by atoms with Gasteiger partial charge in [0, 0.05) is 11.3 Å². The van der Waals surface area contributed by atoms with Crippen LogP contribution >= 0.6 is 0 Å². The van der Waals surface area contributed by atoms with E-state index in [1.165, 1.54) is 12.1 Å². The second-order valence-electron chi connectivity index (χ2n) is 6.68. The predicted octanol–water partition coefficient (Wildman–Crippen LogP) is 3.96. The van der Waals surface area contributed by atoms with E-state index in [2.05, 4.69) is 4.74 Å². The highest BCUT2D eigenvalue weighted by Crippen LogP contribution is 2.31. The van der Waals surface area contributed by atoms with E-state index in [0.29, 0.717) is 13.0 Å². The molecule has 1 aromatic carbocycles. The zero-order valence-electron chi connectivity index (χ0n) is 16.2. The summed E-state index contributed by atoms with van der Waals surface area (Å²) in [6, 6.07) is 9.71. The SMILES string of the molecule is Bn1cccc1/C(CCN)=C1N=C(/C=C/c2ccc(OC(F)(F)F)cc2)C=C\1C. The summed E-state index contributed by atoms with van der Waals surface area (Å²) in [6.07, 6.45) is 3.61. The fourth-order valence-corrected chi connectivity index (χ4v) is 3.18. The standard InChI is InChI=1S/C21H21BF3N3O/c1-14-13-16(7-4-15-5-8-17(9-6-15)29-21(23,24)25)27-20(14)18(10-11-26)19-3-2-12-28(19)22/h2-9,12-13H,10-11,22,26H2,1H3/b7-4+,20-18-. The number of allylic oxidation sites excluding steroid dienone is 3. The van der Waals surface area contributed by atoms with Crippen LogP contribution in [-0.4, -0.2) is 31.1 Å². The van der Waals surface area contributed by atoms with Crippen LogP contribution in [0.2, 0.25) is 0 Å². The minimum absolute atomic E-state index is 0.247. The number of aromatic nitrogens is 1. The molecule has 150 valence electrons. The lowest BCUT2D eigenvalue weighted by molar-refractivity contribution is -0.274. The van der Waals surface area contributed by atoms with Crippen LogP contribution in [0.25, 0.3) is 11.6 Å². The lowest BCUT2D eigenvalue weighted by atomic mass is 10.0. The third-order valence-electron chi connectivity index (χ3n) is 4.47. The molecule has 1 aliphatic rings. The van der Waals surface area contributed by atoms with Crippen LogP contribution in [0.15, 0.2) is 71.0 Å². The molecule has 0 bridgehead atoms. The van der Waals surface area contributed by atoms with Crippen LogP contribution in [0.4, 0.5) is 13.2 Å². The first-order valence-electron chi connectivity index (χ1n) is 9.13. The van der Waals surface area contributed by atoms with E-state index in [9.17, 15) is 13.2 Å². The Hall–Kier alpha value is -3.00. The van der Waals surface area contributed by atoms with E-state index < -0.39 is 6.36 Å². The van der Waals surface area contributed by atoms with E-state index in [-0.39, 0.29) is 5.75 Å². The monoisotopic (exact) mass is 399 g/mol. The second kappa shape index (κ2) is 8.57. The van der Waals surface area contributed by atoms with Crippen molar-refractivity contribution in [1.82, 2.24) is 4.48 Å². The van der Waals surface area contributed by atoms with Crippen molar-refractivity contribution in [2.24, 2.45) is 10.7 Å². The van der Waals surface area contributed by atoms with Crippen molar-refractivity contribution in [3.8, 4) is 5.75 Å². The van der Waals surface area contributed by atoms with E-state index >= 15 is 0 Å². The van der Waals surface area contributed by atoms with Crippen molar-refractivity contribution in [2.75, 3.05) is 6.54 Å². The highest BCUT2D eigenvalue weighted by atomic mass is 19.4. The van der Waals surface area contributed by atoms with Crippen LogP contribution in [0.3, 0.4) is 0 Å². The van der Waals surface area contributed by atoms with Gasteiger partial charge in [0.2, 0.25) is 7.98 Å². The predicted molar refractivity (Wildman–Crippen MR) is 112 cm³/mol. The fourth-order valence-electron chi connectivity index (χ4n) is 3.18. The summed E-state index contributed by atoms with van der Waals surface area (Å²) in [7, 11) is 1.98. The Morgan fingerprint density at radius 3 is 2.52 bits per heavy atom. The highest BCUT2D eigenvalue weighted by Gasteiger charge is 2.30. The number of rotatable bonds is 6. The molecule has 29 heavy (non-hydrogen) atoms. The summed E-state index contributed by atoms with van der Waals surface area (Å²) in [5.74, 6) is -0.247. The fraction of sp³-hybridized carbons (Fsp3) is 0.190. The quantitative estimate of drug-likeness (QED) is 0.748. The zero-order chi connectivity index (χ0) is 21.0. The van der Waals surface area contributed by atoms with Crippen LogP contribution in [-0.2, 0) is 0 Å². The molecule has 2 N–H and O–H groups in total. The average molecular weight is 399 g/mol. The topological polar surface area (TPSA) is 52.5 Å². The van der Waals surface area contributed by atoms with Gasteiger partial charge < -0.3 is 14.9 Å². The normalized spacial score (nSPS) is 16.2. The first-order chi connectivity index (χ1) is 13.8. The molecular formula is C21H21BF3N3O. The Morgan fingerprint density at radius 1 is 1.21 bits per heavy atom. The van der Waals surface area contributed by atoms with E-state index in [1.807, 2.05) is 49.9 Å². The Labute approximate surface area is 168 Å². The van der Waals surface area contributed by atoms with Crippen molar-refractivity contribution >= 4 is 25.3 Å². The zero-order valence-corrected chi connectivity index (χ0v) is 16.2. The Balaban J connectivity index is 1.82. The molecule has 0 aliphatic carbocycles. The van der Waals surface area contributed by atoms with Crippen molar-refractivity contribution < 1.29 is 17.9 Å². The molecule has 2 heterocycles. The molecule has 0 saturated carbocycles. The maximum atomic E-state index is 12.2. The summed E-state index contributed by atoms with van der Waals surface area (Å²) >= 11 is 0. The largest absolute Gasteiger partial charge is 0.573 e. The van der Waals surface area contributed by atoms with Crippen molar-refractivity contribution in [2.45, 2.75) is 19.7 Å². The van der Waals surface area contributed by atoms with Gasteiger partial charge in [0.1, 0.15) is 5.75 Å². The van der Waals surface area contributed by atoms with Crippen molar-refractivity contribution in [3.05, 3.63) is 77.3 Å². The van der Waals surface area contributed by atoms with Gasteiger partial charge in [-0.05, 0) is 73.6 Å². The Bertz CT molecular complexity index is 999. The van der Waals surface area contributed by atoms with Gasteiger partial charge in [-0.1, -0.05) is 18.2 Å². The van der Waals surface area contributed by atoms with Crippen molar-refractivity contribution in [3.63, 3.8) is 0 Å². The lowest BCUT2D eigenvalue weighted by Crippen LogP contribution is -2.16. The molecule has 1 aromatic heterocycles. The third-order valence-corrected chi connectivity index (χ3v) is 4.47. The summed E-state index contributed by atoms with van der Waals surface area (Å²) in [5, 5.41) is 0. The molecule has 0 amide bonds. The molecular weight excluding hydrogens is 378 g/mol. The molecule has 0 atom stereocenters. The average Bonchev–Trinajstić information content (AvgIpc) is 3.23. The number of aliphatic imine (C=N–C) groups is 1. The van der Waals surface area contributed by atoms with Gasteiger partial charge in [0.05, 0.1) is 11.4 Å². The molecule has 0 unspecified atom stereocenters. The van der Waals surface area contributed by atoms with Gasteiger partial charge in [-0.2, -0.15) is 0 Å². The number of hydrogen-bond acceptors (Lipinski definition) is 3. The molecule has 0 spiro atoms. The summed E-state index contributed by atoms with van der Waals surface area (Å²) in [5.41, 5.74) is 11.5. The highest BCUT2D eigenvalue weighted by molar-refractivity contribution is 6.11. The number of alkyl halides is 3. The molecule has 3 rings (SSSR count). The van der Waals surface area contributed by atoms with Crippen LogP contribution in [0.5, 0.6) is 5.75 Å². The molecule has 0 saturated heterocycles. The first-order valence-corrected chi connectivity index (χ1v) is 9.13. The van der Waals surface area contributed by atoms with Crippen molar-refractivity contribution in [1.29, 1.82) is 0 Å². The van der Waals surface area contributed by atoms with E-state index in [1.54, 1.807) is 18.2 Å². The van der Waals surface area contributed by atoms with Crippen LogP contribution in [0.1, 0.15) is 24.6 Å². The van der Waals surface area contributed by atoms with Gasteiger partial charge in [-0.3, -0.25) is 0 Å². The van der Waals surface area contributed by atoms with E-state index in [4.69, 9.17) is 10.7 Å². The lowest BCUT2D eigenvalue weighted by Gasteiger charge is -2.11. The molecule has 2 aromatic rings. The molecule has 0 radical (unpaired) electrons. The molecule has 4 nitrogen and oxygen atoms in total. The number of hydrogen-bond donors (Lipinski definition) is 1. The minimum Gasteiger partial charge on any atom is -0.406 e. The third kappa shape index (κ3) is 5.29. The van der Waals surface area contributed by atoms with E-state index in [0.717, 1.165) is 33.8 Å². The van der Waals surface area contributed by atoms with Crippen LogP contribution in [0, 0.1) is 0 Å². The second-order valence-corrected chi connectivity index (χ2v) is 6.68.